The molecule has 1 aromatic carbocycles. The zero-order chi connectivity index (χ0) is 19.9. The van der Waals surface area contributed by atoms with Crippen molar-refractivity contribution >= 4 is 28.6 Å². The summed E-state index contributed by atoms with van der Waals surface area (Å²) < 4.78 is 10.8. The van der Waals surface area contributed by atoms with Gasteiger partial charge in [-0.1, -0.05) is 25.1 Å². The number of hydrogen-bond donors (Lipinski definition) is 1. The molecule has 0 aliphatic carbocycles. The highest BCUT2D eigenvalue weighted by Crippen LogP contribution is 2.22. The second-order valence-electron chi connectivity index (χ2n) is 6.23. The molecule has 0 spiro atoms. The summed E-state index contributed by atoms with van der Waals surface area (Å²) in [6, 6.07) is 10.5. The molecule has 2 unspecified atom stereocenters. The van der Waals surface area contributed by atoms with Crippen molar-refractivity contribution in [1.82, 2.24) is 10.3 Å². The van der Waals surface area contributed by atoms with Crippen molar-refractivity contribution in [2.24, 2.45) is 0 Å². The van der Waals surface area contributed by atoms with Crippen LogP contribution in [0.15, 0.2) is 42.6 Å². The van der Waals surface area contributed by atoms with Crippen LogP contribution >= 0.6 is 11.8 Å². The van der Waals surface area contributed by atoms with Crippen LogP contribution in [0.2, 0.25) is 0 Å². The van der Waals surface area contributed by atoms with Crippen LogP contribution in [-0.2, 0) is 27.2 Å². The quantitative estimate of drug-likeness (QED) is 0.647. The molecule has 2 aromatic rings. The molecule has 0 radical (unpaired) electrons. The Morgan fingerprint density at radius 2 is 1.93 bits per heavy atom. The zero-order valence-corrected chi connectivity index (χ0v) is 16.1. The summed E-state index contributed by atoms with van der Waals surface area (Å²) in [6.07, 6.45) is 2.46. The number of aryl methyl sites for hydroxylation is 1. The number of aromatic nitrogens is 1. The molecule has 0 saturated carbocycles. The Balaban J connectivity index is 1.58. The van der Waals surface area contributed by atoms with Gasteiger partial charge in [-0.2, -0.15) is 0 Å². The van der Waals surface area contributed by atoms with Gasteiger partial charge in [0.1, 0.15) is 18.4 Å². The van der Waals surface area contributed by atoms with Crippen LogP contribution in [0.1, 0.15) is 29.8 Å². The highest BCUT2D eigenvalue weighted by Gasteiger charge is 2.31. The number of ether oxygens (including phenoxy) is 2. The minimum Gasteiger partial charge on any atom is -0.489 e. The molecule has 2 heterocycles. The first-order valence-electron chi connectivity index (χ1n) is 8.87. The van der Waals surface area contributed by atoms with Crippen LogP contribution in [0.4, 0.5) is 4.79 Å². The standard InChI is InChI=1S/C20H20N2O5S/c1-2-13-5-8-16(21-10-13)18(27-12-23)11-26-15-6-3-14(4-7-15)9-17-19(24)28-20(25)22-17/h3-8,10,12,17-18H,2,9,11H2,1H3,(H,22,25). The Morgan fingerprint density at radius 1 is 1.18 bits per heavy atom. The first-order valence-corrected chi connectivity index (χ1v) is 9.68. The lowest BCUT2D eigenvalue weighted by atomic mass is 10.1. The SMILES string of the molecule is CCc1ccc(C(COc2ccc(CC3NC(=O)SC3=O)cc2)OC=O)nc1. The maximum atomic E-state index is 11.7. The summed E-state index contributed by atoms with van der Waals surface area (Å²) in [5.74, 6) is 0.601. The van der Waals surface area contributed by atoms with E-state index in [4.69, 9.17) is 9.47 Å². The molecule has 2 atom stereocenters. The molecular weight excluding hydrogens is 380 g/mol. The Labute approximate surface area is 166 Å². The van der Waals surface area contributed by atoms with Gasteiger partial charge in [0.15, 0.2) is 6.10 Å². The summed E-state index contributed by atoms with van der Waals surface area (Å²) in [7, 11) is 0. The maximum Gasteiger partial charge on any atom is 0.293 e. The lowest BCUT2D eigenvalue weighted by molar-refractivity contribution is -0.135. The summed E-state index contributed by atoms with van der Waals surface area (Å²) in [6.45, 7) is 2.56. The molecule has 8 heteroatoms. The van der Waals surface area contributed by atoms with Crippen LogP contribution in [0, 0.1) is 0 Å². The van der Waals surface area contributed by atoms with E-state index in [9.17, 15) is 14.4 Å². The van der Waals surface area contributed by atoms with E-state index < -0.39 is 12.1 Å². The van der Waals surface area contributed by atoms with Gasteiger partial charge in [-0.05, 0) is 35.7 Å². The molecule has 146 valence electrons. The van der Waals surface area contributed by atoms with E-state index >= 15 is 0 Å². The van der Waals surface area contributed by atoms with Crippen molar-refractivity contribution in [2.75, 3.05) is 6.61 Å². The monoisotopic (exact) mass is 400 g/mol. The molecular formula is C20H20N2O5S. The average Bonchev–Trinajstić information content (AvgIpc) is 3.03. The van der Waals surface area contributed by atoms with Gasteiger partial charge >= 0.3 is 0 Å². The van der Waals surface area contributed by atoms with E-state index in [2.05, 4.69) is 10.3 Å². The number of carbonyl (C=O) groups excluding carboxylic acids is 3. The lowest BCUT2D eigenvalue weighted by Crippen LogP contribution is -2.30. The Hall–Kier alpha value is -2.87. The van der Waals surface area contributed by atoms with Gasteiger partial charge in [-0.15, -0.1) is 0 Å². The third kappa shape index (κ3) is 5.10. The Kier molecular flexibility index (Phi) is 6.65. The molecule has 1 amide bonds. The number of pyridine rings is 1. The van der Waals surface area contributed by atoms with Crippen molar-refractivity contribution in [3.05, 3.63) is 59.4 Å². The van der Waals surface area contributed by atoms with Gasteiger partial charge in [0.05, 0.1) is 5.69 Å². The Bertz CT molecular complexity index is 839. The van der Waals surface area contributed by atoms with E-state index in [1.54, 1.807) is 18.3 Å². The molecule has 1 aliphatic heterocycles. The number of rotatable bonds is 9. The van der Waals surface area contributed by atoms with Crippen LogP contribution in [0.25, 0.3) is 0 Å². The summed E-state index contributed by atoms with van der Waals surface area (Å²) in [4.78, 5) is 38.1. The summed E-state index contributed by atoms with van der Waals surface area (Å²) in [5.41, 5.74) is 2.63. The van der Waals surface area contributed by atoms with E-state index in [-0.39, 0.29) is 17.0 Å². The second-order valence-corrected chi connectivity index (χ2v) is 7.21. The van der Waals surface area contributed by atoms with Crippen molar-refractivity contribution in [3.8, 4) is 5.75 Å². The van der Waals surface area contributed by atoms with E-state index in [0.717, 1.165) is 17.5 Å². The van der Waals surface area contributed by atoms with Gasteiger partial charge in [-0.25, -0.2) is 0 Å². The molecule has 0 bridgehead atoms. The van der Waals surface area contributed by atoms with Crippen LogP contribution in [-0.4, -0.2) is 34.5 Å². The first-order chi connectivity index (χ1) is 13.6. The largest absolute Gasteiger partial charge is 0.489 e. The highest BCUT2D eigenvalue weighted by atomic mass is 32.2. The van der Waals surface area contributed by atoms with Crippen molar-refractivity contribution in [3.63, 3.8) is 0 Å². The van der Waals surface area contributed by atoms with Gasteiger partial charge in [-0.3, -0.25) is 19.4 Å². The van der Waals surface area contributed by atoms with Gasteiger partial charge in [0.25, 0.3) is 11.7 Å². The normalized spacial score (nSPS) is 17.1. The van der Waals surface area contributed by atoms with Crippen molar-refractivity contribution < 1.29 is 23.9 Å². The van der Waals surface area contributed by atoms with Crippen LogP contribution in [0.3, 0.4) is 0 Å². The molecule has 1 fully saturated rings. The van der Waals surface area contributed by atoms with Crippen molar-refractivity contribution in [2.45, 2.75) is 31.9 Å². The molecule has 3 rings (SSSR count). The van der Waals surface area contributed by atoms with Gasteiger partial charge in [0, 0.05) is 24.4 Å². The van der Waals surface area contributed by atoms with Crippen molar-refractivity contribution in [1.29, 1.82) is 0 Å². The predicted molar refractivity (Wildman–Crippen MR) is 104 cm³/mol. The van der Waals surface area contributed by atoms with Crippen LogP contribution in [0.5, 0.6) is 5.75 Å². The highest BCUT2D eigenvalue weighted by molar-refractivity contribution is 8.26. The predicted octanol–water partition coefficient (Wildman–Crippen LogP) is 2.83. The zero-order valence-electron chi connectivity index (χ0n) is 15.3. The van der Waals surface area contributed by atoms with E-state index in [1.165, 1.54) is 0 Å². The summed E-state index contributed by atoms with van der Waals surface area (Å²) in [5, 5.41) is 2.16. The third-order valence-corrected chi connectivity index (χ3v) is 5.13. The number of nitrogens with one attached hydrogen (secondary N) is 1. The third-order valence-electron chi connectivity index (χ3n) is 4.34. The minimum atomic E-state index is -0.605. The fraction of sp³-hybridized carbons (Fsp3) is 0.300. The maximum absolute atomic E-state index is 11.7. The number of nitrogens with zero attached hydrogens (tertiary/aromatic N) is 1. The van der Waals surface area contributed by atoms with E-state index in [1.807, 2.05) is 31.2 Å². The molecule has 7 nitrogen and oxygen atoms in total. The minimum absolute atomic E-state index is 0.129. The number of benzene rings is 1. The molecule has 28 heavy (non-hydrogen) atoms. The fourth-order valence-corrected chi connectivity index (χ4v) is 3.42. The second kappa shape index (κ2) is 9.36. The smallest absolute Gasteiger partial charge is 0.293 e. The number of thioether (sulfide) groups is 1. The first kappa shape index (κ1) is 19.9. The lowest BCUT2D eigenvalue weighted by Gasteiger charge is -2.16. The molecule has 1 aromatic heterocycles. The average molecular weight is 400 g/mol. The van der Waals surface area contributed by atoms with E-state index in [0.29, 0.717) is 36.1 Å². The van der Waals surface area contributed by atoms with Crippen LogP contribution < -0.4 is 10.1 Å². The molecule has 1 aliphatic rings. The number of carbonyl (C=O) groups is 3. The molecule has 1 N–H and O–H groups in total. The van der Waals surface area contributed by atoms with Gasteiger partial charge < -0.3 is 14.8 Å². The number of hydrogen-bond acceptors (Lipinski definition) is 7. The summed E-state index contributed by atoms with van der Waals surface area (Å²) >= 11 is 0.705. The fourth-order valence-electron chi connectivity index (χ4n) is 2.75. The topological polar surface area (TPSA) is 94.6 Å². The number of amides is 1. The van der Waals surface area contributed by atoms with Gasteiger partial charge in [0.2, 0.25) is 5.12 Å². The Morgan fingerprint density at radius 3 is 2.50 bits per heavy atom. The molecule has 1 saturated heterocycles.